The van der Waals surface area contributed by atoms with Crippen LogP contribution in [0.25, 0.3) is 0 Å². The molecule has 0 saturated carbocycles. The van der Waals surface area contributed by atoms with Crippen molar-refractivity contribution in [3.63, 3.8) is 0 Å². The quantitative estimate of drug-likeness (QED) is 0.378. The third-order valence-electron chi connectivity index (χ3n) is 2.51. The number of hydrogen-bond acceptors (Lipinski definition) is 4. The highest BCUT2D eigenvalue weighted by Crippen LogP contribution is 2.23. The Morgan fingerprint density at radius 2 is 1.62 bits per heavy atom. The maximum absolute atomic E-state index is 11.3. The molecular weight excluding hydrogens is 210 g/mol. The van der Waals surface area contributed by atoms with Crippen LogP contribution in [0.3, 0.4) is 0 Å². The van der Waals surface area contributed by atoms with Crippen LogP contribution in [0, 0.1) is 27.9 Å². The minimum atomic E-state index is -0.826. The van der Waals surface area contributed by atoms with Crippen LogP contribution in [0.5, 0.6) is 0 Å². The smallest absolute Gasteiger partial charge is 0.207 e. The van der Waals surface area contributed by atoms with E-state index in [0.717, 1.165) is 0 Å². The van der Waals surface area contributed by atoms with Gasteiger partial charge in [0.1, 0.15) is 11.6 Å². The van der Waals surface area contributed by atoms with E-state index in [-0.39, 0.29) is 24.0 Å². The first-order valence-electron chi connectivity index (χ1n) is 5.38. The molecule has 0 bridgehead atoms. The standard InChI is InChI=1S/C11H19NO4/c1-7(2)5-10(6-12(15)16)11(8(3)13)9(4)14/h7,10-11H,5-6H2,1-4H3/t10-/m0/s1. The highest BCUT2D eigenvalue weighted by atomic mass is 16.6. The van der Waals surface area contributed by atoms with Gasteiger partial charge in [0.2, 0.25) is 6.54 Å². The molecule has 0 spiro atoms. The molecule has 0 saturated heterocycles. The fourth-order valence-corrected chi connectivity index (χ4v) is 2.06. The summed E-state index contributed by atoms with van der Waals surface area (Å²) in [6.45, 7) is 6.16. The molecule has 16 heavy (non-hydrogen) atoms. The van der Waals surface area contributed by atoms with E-state index in [0.29, 0.717) is 6.42 Å². The Labute approximate surface area is 95.4 Å². The molecular formula is C11H19NO4. The molecule has 0 N–H and O–H groups in total. The van der Waals surface area contributed by atoms with Gasteiger partial charge < -0.3 is 0 Å². The zero-order chi connectivity index (χ0) is 12.9. The fraction of sp³-hybridized carbons (Fsp3) is 0.818. The van der Waals surface area contributed by atoms with Gasteiger partial charge in [-0.05, 0) is 26.2 Å². The van der Waals surface area contributed by atoms with E-state index in [9.17, 15) is 19.7 Å². The second-order valence-electron chi connectivity index (χ2n) is 4.60. The largest absolute Gasteiger partial charge is 0.299 e. The molecule has 0 radical (unpaired) electrons. The Morgan fingerprint density at radius 3 is 1.88 bits per heavy atom. The van der Waals surface area contributed by atoms with Gasteiger partial charge in [0.05, 0.1) is 5.92 Å². The summed E-state index contributed by atoms with van der Waals surface area (Å²) in [7, 11) is 0. The summed E-state index contributed by atoms with van der Waals surface area (Å²) in [5.41, 5.74) is 0. The molecule has 0 aliphatic rings. The number of carbonyl (C=O) groups is 2. The van der Waals surface area contributed by atoms with E-state index in [1.54, 1.807) is 0 Å². The van der Waals surface area contributed by atoms with Crippen LogP contribution in [0.2, 0.25) is 0 Å². The van der Waals surface area contributed by atoms with E-state index in [4.69, 9.17) is 0 Å². The monoisotopic (exact) mass is 229 g/mol. The molecule has 0 amide bonds. The number of Topliss-reactive ketones (excluding diaryl/α,β-unsaturated/α-hetero) is 2. The molecule has 0 unspecified atom stereocenters. The zero-order valence-corrected chi connectivity index (χ0v) is 10.2. The molecule has 0 aromatic carbocycles. The molecule has 0 aliphatic heterocycles. The topological polar surface area (TPSA) is 77.3 Å². The zero-order valence-electron chi connectivity index (χ0n) is 10.2. The molecule has 0 aliphatic carbocycles. The number of nitro groups is 1. The van der Waals surface area contributed by atoms with Crippen LogP contribution < -0.4 is 0 Å². The Balaban J connectivity index is 4.87. The lowest BCUT2D eigenvalue weighted by Crippen LogP contribution is -2.33. The number of carbonyl (C=O) groups excluding carboxylic acids is 2. The average Bonchev–Trinajstić information content (AvgIpc) is 1.98. The van der Waals surface area contributed by atoms with Crippen molar-refractivity contribution in [2.75, 3.05) is 6.54 Å². The minimum Gasteiger partial charge on any atom is -0.299 e. The summed E-state index contributed by atoms with van der Waals surface area (Å²) in [6, 6.07) is 0. The van der Waals surface area contributed by atoms with Gasteiger partial charge in [0, 0.05) is 10.8 Å². The van der Waals surface area contributed by atoms with Gasteiger partial charge in [-0.1, -0.05) is 13.8 Å². The van der Waals surface area contributed by atoms with Crippen LogP contribution >= 0.6 is 0 Å². The predicted molar refractivity (Wildman–Crippen MR) is 59.7 cm³/mol. The Kier molecular flexibility index (Phi) is 5.85. The highest BCUT2D eigenvalue weighted by Gasteiger charge is 2.33. The lowest BCUT2D eigenvalue weighted by atomic mass is 9.81. The first kappa shape index (κ1) is 14.7. The van der Waals surface area contributed by atoms with E-state index >= 15 is 0 Å². The lowest BCUT2D eigenvalue weighted by Gasteiger charge is -2.21. The molecule has 1 atom stereocenters. The normalized spacial score (nSPS) is 12.9. The first-order chi connectivity index (χ1) is 7.25. The van der Waals surface area contributed by atoms with E-state index in [1.807, 2.05) is 13.8 Å². The fourth-order valence-electron chi connectivity index (χ4n) is 2.06. The summed E-state index contributed by atoms with van der Waals surface area (Å²) in [6.07, 6.45) is 0.519. The SMILES string of the molecule is CC(=O)C(C(C)=O)[C@@H](CC(C)C)C[N+](=O)[O-]. The molecule has 0 fully saturated rings. The third kappa shape index (κ3) is 5.00. The van der Waals surface area contributed by atoms with Crippen molar-refractivity contribution in [1.29, 1.82) is 0 Å². The van der Waals surface area contributed by atoms with Gasteiger partial charge in [-0.3, -0.25) is 19.7 Å². The molecule has 0 aromatic heterocycles. The average molecular weight is 229 g/mol. The van der Waals surface area contributed by atoms with Crippen LogP contribution in [0.1, 0.15) is 34.1 Å². The summed E-state index contributed by atoms with van der Waals surface area (Å²) >= 11 is 0. The first-order valence-corrected chi connectivity index (χ1v) is 5.38. The number of hydrogen-bond donors (Lipinski definition) is 0. The lowest BCUT2D eigenvalue weighted by molar-refractivity contribution is -0.489. The van der Waals surface area contributed by atoms with Crippen molar-refractivity contribution in [3.05, 3.63) is 10.1 Å². The van der Waals surface area contributed by atoms with Gasteiger partial charge in [-0.25, -0.2) is 0 Å². The van der Waals surface area contributed by atoms with Crippen molar-refractivity contribution < 1.29 is 14.5 Å². The van der Waals surface area contributed by atoms with Crippen molar-refractivity contribution in [3.8, 4) is 0 Å². The maximum Gasteiger partial charge on any atom is 0.207 e. The van der Waals surface area contributed by atoms with Crippen LogP contribution in [-0.4, -0.2) is 23.0 Å². The third-order valence-corrected chi connectivity index (χ3v) is 2.51. The van der Waals surface area contributed by atoms with Crippen molar-refractivity contribution in [1.82, 2.24) is 0 Å². The number of ketones is 2. The molecule has 0 rings (SSSR count). The molecule has 5 nitrogen and oxygen atoms in total. The highest BCUT2D eigenvalue weighted by molar-refractivity contribution is 6.00. The van der Waals surface area contributed by atoms with Crippen molar-refractivity contribution in [2.24, 2.45) is 17.8 Å². The summed E-state index contributed by atoms with van der Waals surface area (Å²) in [4.78, 5) is 32.8. The van der Waals surface area contributed by atoms with Crippen molar-refractivity contribution in [2.45, 2.75) is 34.1 Å². The number of nitrogens with zero attached hydrogens (tertiary/aromatic N) is 1. The molecule has 5 heteroatoms. The van der Waals surface area contributed by atoms with Crippen LogP contribution in [-0.2, 0) is 9.59 Å². The van der Waals surface area contributed by atoms with Gasteiger partial charge in [-0.15, -0.1) is 0 Å². The second kappa shape index (κ2) is 6.35. The Hall–Kier alpha value is -1.26. The van der Waals surface area contributed by atoms with E-state index < -0.39 is 16.8 Å². The van der Waals surface area contributed by atoms with Gasteiger partial charge in [0.15, 0.2) is 0 Å². The summed E-state index contributed by atoms with van der Waals surface area (Å²) in [5, 5.41) is 10.5. The second-order valence-corrected chi connectivity index (χ2v) is 4.60. The number of rotatable bonds is 7. The molecule has 92 valence electrons. The van der Waals surface area contributed by atoms with Crippen LogP contribution in [0.4, 0.5) is 0 Å². The van der Waals surface area contributed by atoms with E-state index in [1.165, 1.54) is 13.8 Å². The van der Waals surface area contributed by atoms with Gasteiger partial charge >= 0.3 is 0 Å². The van der Waals surface area contributed by atoms with Crippen LogP contribution in [0.15, 0.2) is 0 Å². The summed E-state index contributed by atoms with van der Waals surface area (Å²) in [5.74, 6) is -1.64. The molecule has 0 aromatic rings. The van der Waals surface area contributed by atoms with Gasteiger partial charge in [-0.2, -0.15) is 0 Å². The van der Waals surface area contributed by atoms with E-state index in [2.05, 4.69) is 0 Å². The Morgan fingerprint density at radius 1 is 1.19 bits per heavy atom. The maximum atomic E-state index is 11.3. The van der Waals surface area contributed by atoms with Gasteiger partial charge in [0.25, 0.3) is 0 Å². The van der Waals surface area contributed by atoms with Crippen molar-refractivity contribution >= 4 is 11.6 Å². The Bertz CT molecular complexity index is 272. The minimum absolute atomic E-state index is 0.228. The summed E-state index contributed by atoms with van der Waals surface area (Å²) < 4.78 is 0. The molecule has 0 heterocycles. The predicted octanol–water partition coefficient (Wildman–Crippen LogP) is 1.72.